The summed E-state index contributed by atoms with van der Waals surface area (Å²) in [6, 6.07) is 5.14. The van der Waals surface area contributed by atoms with E-state index in [4.69, 9.17) is 19.9 Å². The summed E-state index contributed by atoms with van der Waals surface area (Å²) in [4.78, 5) is 12.6. The Morgan fingerprint density at radius 3 is 2.88 bits per heavy atom. The Balaban J connectivity index is 0.00000208. The minimum atomic E-state index is -0.635. The quantitative estimate of drug-likeness (QED) is 0.685. The molecule has 134 valence electrons. The number of halogens is 1. The number of fused-ring (bicyclic) bond motifs is 1. The van der Waals surface area contributed by atoms with Crippen molar-refractivity contribution in [3.05, 3.63) is 29.3 Å². The van der Waals surface area contributed by atoms with Crippen LogP contribution in [0.25, 0.3) is 0 Å². The molecule has 7 nitrogen and oxygen atoms in total. The van der Waals surface area contributed by atoms with Crippen LogP contribution in [0.3, 0.4) is 0 Å². The normalized spacial score (nSPS) is 28.1. The third-order valence-electron chi connectivity index (χ3n) is 4.10. The predicted molar refractivity (Wildman–Crippen MR) is 89.7 cm³/mol. The van der Waals surface area contributed by atoms with E-state index in [0.29, 0.717) is 31.1 Å². The van der Waals surface area contributed by atoms with Crippen LogP contribution in [0.1, 0.15) is 15.9 Å². The Kier molecular flexibility index (Phi) is 6.42. The van der Waals surface area contributed by atoms with Gasteiger partial charge in [-0.3, -0.25) is 4.79 Å². The van der Waals surface area contributed by atoms with E-state index in [1.54, 1.807) is 12.1 Å². The number of carbonyl (C=O) groups is 1. The number of aliphatic hydroxyl groups excluding tert-OH is 1. The number of aryl methyl sites for hydroxylation is 1. The number of hydrogen-bond acceptors (Lipinski definition) is 6. The number of benzene rings is 1. The van der Waals surface area contributed by atoms with Crippen molar-refractivity contribution < 1.29 is 24.1 Å². The summed E-state index contributed by atoms with van der Waals surface area (Å²) in [5.74, 6) is 0.251. The van der Waals surface area contributed by atoms with Gasteiger partial charge in [0.05, 0.1) is 24.8 Å². The summed E-state index contributed by atoms with van der Waals surface area (Å²) in [6.45, 7) is 3.19. The second kappa shape index (κ2) is 8.13. The smallest absolute Gasteiger partial charge is 0.255 e. The number of amides is 1. The number of nitrogens with one attached hydrogen (secondary N) is 1. The largest absolute Gasteiger partial charge is 0.491 e. The zero-order chi connectivity index (χ0) is 16.4. The molecule has 0 spiro atoms. The van der Waals surface area contributed by atoms with Crippen LogP contribution in [-0.2, 0) is 9.47 Å². The lowest BCUT2D eigenvalue weighted by Crippen LogP contribution is -2.44. The standard InChI is InChI=1S/C16H22N2O5.ClH/c1-9-2-3-13(21-5-4-17)10(6-9)16(20)18-11-7-22-15-12(19)8-23-14(11)15;/h2-3,6,11-12,14-15,19H,4-5,7-8,17H2,1H3,(H,18,20);1H/t11-,12-,14+,15+;/m0./s1. The van der Waals surface area contributed by atoms with Crippen molar-refractivity contribution in [3.8, 4) is 5.75 Å². The molecule has 2 fully saturated rings. The predicted octanol–water partition coefficient (Wildman–Crippen LogP) is 0.0112. The zero-order valence-electron chi connectivity index (χ0n) is 13.4. The Hall–Kier alpha value is -1.38. The summed E-state index contributed by atoms with van der Waals surface area (Å²) in [5.41, 5.74) is 6.87. The van der Waals surface area contributed by atoms with Crippen LogP contribution in [-0.4, -0.2) is 61.7 Å². The average Bonchev–Trinajstić information content (AvgIpc) is 3.10. The van der Waals surface area contributed by atoms with E-state index in [2.05, 4.69) is 5.32 Å². The maximum absolute atomic E-state index is 12.6. The molecule has 2 heterocycles. The van der Waals surface area contributed by atoms with Gasteiger partial charge in [0.1, 0.15) is 30.7 Å². The van der Waals surface area contributed by atoms with E-state index in [9.17, 15) is 9.90 Å². The van der Waals surface area contributed by atoms with Gasteiger partial charge in [0.25, 0.3) is 5.91 Å². The maximum Gasteiger partial charge on any atom is 0.255 e. The zero-order valence-corrected chi connectivity index (χ0v) is 14.3. The van der Waals surface area contributed by atoms with Gasteiger partial charge < -0.3 is 30.4 Å². The van der Waals surface area contributed by atoms with Crippen molar-refractivity contribution in [1.29, 1.82) is 0 Å². The second-order valence-electron chi connectivity index (χ2n) is 5.88. The van der Waals surface area contributed by atoms with E-state index in [1.807, 2.05) is 13.0 Å². The molecule has 4 atom stereocenters. The van der Waals surface area contributed by atoms with Crippen molar-refractivity contribution in [1.82, 2.24) is 5.32 Å². The summed E-state index contributed by atoms with van der Waals surface area (Å²) in [6.07, 6.45) is -1.32. The van der Waals surface area contributed by atoms with Crippen molar-refractivity contribution in [3.63, 3.8) is 0 Å². The van der Waals surface area contributed by atoms with Crippen LogP contribution in [0.5, 0.6) is 5.75 Å². The molecular weight excluding hydrogens is 336 g/mol. The summed E-state index contributed by atoms with van der Waals surface area (Å²) in [7, 11) is 0. The Morgan fingerprint density at radius 2 is 2.12 bits per heavy atom. The third-order valence-corrected chi connectivity index (χ3v) is 4.10. The lowest BCUT2D eigenvalue weighted by atomic mass is 10.1. The minimum absolute atomic E-state index is 0. The Morgan fingerprint density at radius 1 is 1.38 bits per heavy atom. The molecule has 1 amide bonds. The van der Waals surface area contributed by atoms with Gasteiger partial charge >= 0.3 is 0 Å². The Labute approximate surface area is 146 Å². The Bertz CT molecular complexity index is 586. The molecule has 4 N–H and O–H groups in total. The van der Waals surface area contributed by atoms with Crippen LogP contribution >= 0.6 is 12.4 Å². The van der Waals surface area contributed by atoms with E-state index in [-0.39, 0.29) is 43.2 Å². The fourth-order valence-electron chi connectivity index (χ4n) is 2.96. The monoisotopic (exact) mass is 358 g/mol. The number of rotatable bonds is 5. The first-order valence-corrected chi connectivity index (χ1v) is 7.76. The van der Waals surface area contributed by atoms with Gasteiger partial charge in [0.15, 0.2) is 0 Å². The van der Waals surface area contributed by atoms with Crippen molar-refractivity contribution >= 4 is 18.3 Å². The summed E-state index contributed by atoms with van der Waals surface area (Å²) in [5, 5.41) is 12.7. The van der Waals surface area contributed by atoms with Gasteiger partial charge in [-0.2, -0.15) is 0 Å². The first kappa shape index (κ1) is 19.0. The second-order valence-corrected chi connectivity index (χ2v) is 5.88. The lowest BCUT2D eigenvalue weighted by Gasteiger charge is -2.19. The van der Waals surface area contributed by atoms with Crippen molar-refractivity contribution in [2.24, 2.45) is 5.73 Å². The first-order chi connectivity index (χ1) is 11.1. The number of nitrogens with two attached hydrogens (primary N) is 1. The molecule has 8 heteroatoms. The molecule has 0 unspecified atom stereocenters. The highest BCUT2D eigenvalue weighted by Crippen LogP contribution is 2.28. The summed E-state index contributed by atoms with van der Waals surface area (Å²) >= 11 is 0. The molecule has 0 saturated carbocycles. The number of aliphatic hydroxyl groups is 1. The number of hydrogen-bond donors (Lipinski definition) is 3. The topological polar surface area (TPSA) is 103 Å². The number of ether oxygens (including phenoxy) is 3. The fraction of sp³-hybridized carbons (Fsp3) is 0.562. The molecule has 24 heavy (non-hydrogen) atoms. The van der Waals surface area contributed by atoms with Gasteiger partial charge in [0.2, 0.25) is 0 Å². The molecule has 2 aliphatic rings. The molecular formula is C16H23ClN2O5. The molecule has 1 aromatic rings. The highest BCUT2D eigenvalue weighted by molar-refractivity contribution is 5.97. The minimum Gasteiger partial charge on any atom is -0.491 e. The van der Waals surface area contributed by atoms with Gasteiger partial charge in [-0.1, -0.05) is 11.6 Å². The molecule has 2 aliphatic heterocycles. The maximum atomic E-state index is 12.6. The van der Waals surface area contributed by atoms with Crippen LogP contribution < -0.4 is 15.8 Å². The van der Waals surface area contributed by atoms with Gasteiger partial charge in [-0.05, 0) is 19.1 Å². The SMILES string of the molecule is Cc1ccc(OCCN)c(C(=O)N[C@H]2CO[C@H]3[C@@H]2OC[C@@H]3O)c1.Cl. The van der Waals surface area contributed by atoms with Crippen LogP contribution in [0.4, 0.5) is 0 Å². The van der Waals surface area contributed by atoms with Gasteiger partial charge in [-0.15, -0.1) is 12.4 Å². The highest BCUT2D eigenvalue weighted by atomic mass is 35.5. The first-order valence-electron chi connectivity index (χ1n) is 7.76. The van der Waals surface area contributed by atoms with Crippen LogP contribution in [0.15, 0.2) is 18.2 Å². The van der Waals surface area contributed by atoms with E-state index < -0.39 is 6.10 Å². The van der Waals surface area contributed by atoms with Crippen molar-refractivity contribution in [2.75, 3.05) is 26.4 Å². The van der Waals surface area contributed by atoms with E-state index >= 15 is 0 Å². The fourth-order valence-corrected chi connectivity index (χ4v) is 2.96. The number of carbonyl (C=O) groups excluding carboxylic acids is 1. The third kappa shape index (κ3) is 3.81. The highest BCUT2D eigenvalue weighted by Gasteiger charge is 2.47. The summed E-state index contributed by atoms with van der Waals surface area (Å²) < 4.78 is 16.6. The van der Waals surface area contributed by atoms with Crippen LogP contribution in [0, 0.1) is 6.92 Å². The van der Waals surface area contributed by atoms with Crippen LogP contribution in [0.2, 0.25) is 0 Å². The van der Waals surface area contributed by atoms with E-state index in [1.165, 1.54) is 0 Å². The lowest BCUT2D eigenvalue weighted by molar-refractivity contribution is 0.0178. The average molecular weight is 359 g/mol. The molecule has 1 aromatic carbocycles. The molecule has 0 radical (unpaired) electrons. The molecule has 0 bridgehead atoms. The molecule has 2 saturated heterocycles. The molecule has 0 aromatic heterocycles. The van der Waals surface area contributed by atoms with Gasteiger partial charge in [0, 0.05) is 6.54 Å². The molecule has 3 rings (SSSR count). The van der Waals surface area contributed by atoms with Crippen molar-refractivity contribution in [2.45, 2.75) is 31.3 Å². The van der Waals surface area contributed by atoms with E-state index in [0.717, 1.165) is 5.56 Å². The van der Waals surface area contributed by atoms with Gasteiger partial charge in [-0.25, -0.2) is 0 Å². The molecule has 0 aliphatic carbocycles.